The van der Waals surface area contributed by atoms with E-state index in [0.717, 1.165) is 44.6 Å². The zero-order valence-electron chi connectivity index (χ0n) is 13.1. The summed E-state index contributed by atoms with van der Waals surface area (Å²) in [5, 5.41) is 33.0. The van der Waals surface area contributed by atoms with E-state index in [9.17, 15) is 15.3 Å². The van der Waals surface area contributed by atoms with Crippen molar-refractivity contribution in [3.63, 3.8) is 0 Å². The van der Waals surface area contributed by atoms with E-state index in [2.05, 4.69) is 10.2 Å². The van der Waals surface area contributed by atoms with Crippen molar-refractivity contribution in [1.29, 1.82) is 0 Å². The predicted octanol–water partition coefficient (Wildman–Crippen LogP) is 2.78. The van der Waals surface area contributed by atoms with Gasteiger partial charge in [0.1, 0.15) is 0 Å². The summed E-state index contributed by atoms with van der Waals surface area (Å²) in [6.45, 7) is 3.80. The van der Waals surface area contributed by atoms with Gasteiger partial charge in [0.25, 0.3) is 0 Å². The normalized spacial score (nSPS) is 20.5. The fraction of sp³-hybridized carbons (Fsp3) is 0.625. The van der Waals surface area contributed by atoms with Crippen molar-refractivity contribution in [2.75, 3.05) is 26.2 Å². The molecule has 0 radical (unpaired) electrons. The molecule has 7 heteroatoms. The zero-order chi connectivity index (χ0) is 14.8. The van der Waals surface area contributed by atoms with Gasteiger partial charge in [-0.25, -0.2) is 0 Å². The zero-order valence-corrected chi connectivity index (χ0v) is 14.7. The van der Waals surface area contributed by atoms with Gasteiger partial charge in [-0.3, -0.25) is 4.90 Å². The maximum atomic E-state index is 10.3. The van der Waals surface area contributed by atoms with Crippen molar-refractivity contribution < 1.29 is 15.3 Å². The fourth-order valence-electron chi connectivity index (χ4n) is 3.81. The molecule has 3 rings (SSSR count). The fourth-order valence-corrected chi connectivity index (χ4v) is 3.81. The molecule has 2 fully saturated rings. The lowest BCUT2D eigenvalue weighted by Gasteiger charge is -2.39. The minimum Gasteiger partial charge on any atom is -0.504 e. The average molecular weight is 365 g/mol. The second-order valence-corrected chi connectivity index (χ2v) is 6.15. The minimum atomic E-state index is -0.398. The molecule has 23 heavy (non-hydrogen) atoms. The van der Waals surface area contributed by atoms with E-state index in [1.165, 1.54) is 18.9 Å². The van der Waals surface area contributed by atoms with E-state index in [4.69, 9.17) is 0 Å². The van der Waals surface area contributed by atoms with Crippen LogP contribution in [0, 0.1) is 5.92 Å². The number of nitrogens with zero attached hydrogens (tertiary/aromatic N) is 1. The number of rotatable bonds is 3. The van der Waals surface area contributed by atoms with Gasteiger partial charge < -0.3 is 20.6 Å². The molecule has 1 saturated heterocycles. The van der Waals surface area contributed by atoms with Crippen LogP contribution in [0.2, 0.25) is 0 Å². The third kappa shape index (κ3) is 4.15. The number of benzene rings is 1. The number of aromatic hydroxyl groups is 3. The summed E-state index contributed by atoms with van der Waals surface area (Å²) in [4.78, 5) is 2.40. The van der Waals surface area contributed by atoms with E-state index in [1.807, 2.05) is 0 Å². The number of piperazine rings is 1. The van der Waals surface area contributed by atoms with Crippen LogP contribution in [0.1, 0.15) is 37.3 Å². The third-order valence-corrected chi connectivity index (χ3v) is 4.87. The summed E-state index contributed by atoms with van der Waals surface area (Å²) < 4.78 is 0. The molecule has 1 aliphatic carbocycles. The van der Waals surface area contributed by atoms with Crippen LogP contribution >= 0.6 is 24.8 Å². The van der Waals surface area contributed by atoms with Gasteiger partial charge in [-0.05, 0) is 30.9 Å². The maximum absolute atomic E-state index is 10.3. The van der Waals surface area contributed by atoms with Crippen molar-refractivity contribution in [1.82, 2.24) is 10.2 Å². The Hall–Kier alpha value is -0.880. The summed E-state index contributed by atoms with van der Waals surface area (Å²) in [6.07, 6.45) is 4.79. The minimum absolute atomic E-state index is 0. The molecular weight excluding hydrogens is 339 g/mol. The summed E-state index contributed by atoms with van der Waals surface area (Å²) in [7, 11) is 0. The second-order valence-electron chi connectivity index (χ2n) is 6.15. The molecule has 0 spiro atoms. The van der Waals surface area contributed by atoms with Crippen LogP contribution in [0.4, 0.5) is 0 Å². The van der Waals surface area contributed by atoms with E-state index in [-0.39, 0.29) is 42.4 Å². The van der Waals surface area contributed by atoms with Crippen LogP contribution in [0.25, 0.3) is 0 Å². The molecule has 0 amide bonds. The third-order valence-electron chi connectivity index (χ3n) is 4.87. The van der Waals surface area contributed by atoms with E-state index < -0.39 is 5.75 Å². The first-order valence-electron chi connectivity index (χ1n) is 7.87. The summed E-state index contributed by atoms with van der Waals surface area (Å²) >= 11 is 0. The Labute approximate surface area is 149 Å². The van der Waals surface area contributed by atoms with Crippen molar-refractivity contribution in [2.45, 2.75) is 31.7 Å². The van der Waals surface area contributed by atoms with Crippen LogP contribution in [-0.4, -0.2) is 46.4 Å². The molecule has 4 N–H and O–H groups in total. The first-order valence-corrected chi connectivity index (χ1v) is 7.87. The summed E-state index contributed by atoms with van der Waals surface area (Å²) in [5.74, 6) is -0.310. The standard InChI is InChI=1S/C16H24N2O3.2ClH/c19-13-6-5-12(15(20)16(13)21)14(11-3-1-2-4-11)18-9-7-17-8-10-18;;/h5-6,11,14,17,19-21H,1-4,7-10H2;2*1H/t14-;;/m0../s1. The lowest BCUT2D eigenvalue weighted by atomic mass is 9.89. The van der Waals surface area contributed by atoms with Crippen LogP contribution in [0.3, 0.4) is 0 Å². The number of hydrogen-bond donors (Lipinski definition) is 4. The van der Waals surface area contributed by atoms with Crippen molar-refractivity contribution in [3.8, 4) is 17.2 Å². The van der Waals surface area contributed by atoms with Crippen molar-refractivity contribution in [3.05, 3.63) is 17.7 Å². The van der Waals surface area contributed by atoms with E-state index in [1.54, 1.807) is 6.07 Å². The molecule has 132 valence electrons. The average Bonchev–Trinajstić information content (AvgIpc) is 3.03. The molecular formula is C16H26Cl2N2O3. The van der Waals surface area contributed by atoms with Gasteiger partial charge in [0.2, 0.25) is 5.75 Å². The smallest absolute Gasteiger partial charge is 0.200 e. The molecule has 1 heterocycles. The first kappa shape index (κ1) is 20.2. The van der Waals surface area contributed by atoms with Gasteiger partial charge in [0.05, 0.1) is 0 Å². The lowest BCUT2D eigenvalue weighted by Crippen LogP contribution is -2.46. The van der Waals surface area contributed by atoms with Crippen molar-refractivity contribution >= 4 is 24.8 Å². The molecule has 1 aromatic rings. The molecule has 5 nitrogen and oxygen atoms in total. The topological polar surface area (TPSA) is 76.0 Å². The molecule has 1 saturated carbocycles. The SMILES string of the molecule is Cl.Cl.Oc1ccc([C@H](C2CCCC2)N2CCNCC2)c(O)c1O. The highest BCUT2D eigenvalue weighted by atomic mass is 35.5. The Bertz CT molecular complexity index is 504. The molecule has 0 aromatic heterocycles. The number of halogens is 2. The Balaban J connectivity index is 0.00000132. The van der Waals surface area contributed by atoms with Gasteiger partial charge in [-0.2, -0.15) is 0 Å². The van der Waals surface area contributed by atoms with Crippen LogP contribution in [0.15, 0.2) is 12.1 Å². The van der Waals surface area contributed by atoms with Gasteiger partial charge >= 0.3 is 0 Å². The van der Waals surface area contributed by atoms with Gasteiger partial charge in [0, 0.05) is 37.8 Å². The predicted molar refractivity (Wildman–Crippen MR) is 95.1 cm³/mol. The molecule has 2 aliphatic rings. The van der Waals surface area contributed by atoms with E-state index >= 15 is 0 Å². The van der Waals surface area contributed by atoms with Crippen LogP contribution in [0.5, 0.6) is 17.2 Å². The van der Waals surface area contributed by atoms with Gasteiger partial charge in [-0.1, -0.05) is 12.8 Å². The second kappa shape index (κ2) is 8.83. The monoisotopic (exact) mass is 364 g/mol. The summed E-state index contributed by atoms with van der Waals surface area (Å²) in [5.41, 5.74) is 0.749. The number of nitrogens with one attached hydrogen (secondary N) is 1. The Morgan fingerprint density at radius 2 is 1.57 bits per heavy atom. The Morgan fingerprint density at radius 3 is 2.17 bits per heavy atom. The number of phenols is 3. The highest BCUT2D eigenvalue weighted by molar-refractivity contribution is 5.85. The maximum Gasteiger partial charge on any atom is 0.200 e. The Kier molecular flexibility index (Phi) is 7.74. The first-order chi connectivity index (χ1) is 10.2. The molecule has 0 bridgehead atoms. The van der Waals surface area contributed by atoms with E-state index in [0.29, 0.717) is 5.92 Å². The quantitative estimate of drug-likeness (QED) is 0.620. The highest BCUT2D eigenvalue weighted by Crippen LogP contribution is 2.47. The van der Waals surface area contributed by atoms with Gasteiger partial charge in [-0.15, -0.1) is 24.8 Å². The molecule has 1 aliphatic heterocycles. The van der Waals surface area contributed by atoms with Crippen LogP contribution in [-0.2, 0) is 0 Å². The molecule has 1 aromatic carbocycles. The number of hydrogen-bond acceptors (Lipinski definition) is 5. The number of phenolic OH excluding ortho intramolecular Hbond substituents is 3. The van der Waals surface area contributed by atoms with Gasteiger partial charge in [0.15, 0.2) is 11.5 Å². The highest BCUT2D eigenvalue weighted by Gasteiger charge is 2.34. The summed E-state index contributed by atoms with van der Waals surface area (Å²) in [6, 6.07) is 3.37. The lowest BCUT2D eigenvalue weighted by molar-refractivity contribution is 0.123. The largest absolute Gasteiger partial charge is 0.504 e. The van der Waals surface area contributed by atoms with Crippen LogP contribution < -0.4 is 5.32 Å². The molecule has 1 atom stereocenters. The van der Waals surface area contributed by atoms with Crippen molar-refractivity contribution in [2.24, 2.45) is 5.92 Å². The Morgan fingerprint density at radius 1 is 0.957 bits per heavy atom. The molecule has 0 unspecified atom stereocenters.